The van der Waals surface area contributed by atoms with Crippen molar-refractivity contribution in [1.29, 1.82) is 0 Å². The largest absolute Gasteiger partial charge is 0.498 e. The molecule has 0 aromatic carbocycles. The molecule has 0 N–H and O–H groups in total. The fraction of sp³-hybridized carbons (Fsp3) is 0.500. The second-order valence-corrected chi connectivity index (χ2v) is 3.37. The van der Waals surface area contributed by atoms with Gasteiger partial charge in [-0.2, -0.15) is 0 Å². The van der Waals surface area contributed by atoms with Crippen molar-refractivity contribution in [2.24, 2.45) is 0 Å². The van der Waals surface area contributed by atoms with Crippen LogP contribution in [-0.2, 0) is 4.74 Å². The molecule has 0 saturated heterocycles. The molecule has 0 aliphatic heterocycles. The molecule has 74 valence electrons. The molecule has 1 nitrogen and oxygen atoms in total. The van der Waals surface area contributed by atoms with Crippen molar-refractivity contribution in [3.8, 4) is 0 Å². The minimum absolute atomic E-state index is 0.643. The highest BCUT2D eigenvalue weighted by atomic mass is 16.5. The summed E-state index contributed by atoms with van der Waals surface area (Å²) in [6, 6.07) is 0. The summed E-state index contributed by atoms with van der Waals surface area (Å²) < 4.78 is 5.00. The first-order valence-electron chi connectivity index (χ1n) is 4.68. The van der Waals surface area contributed by atoms with E-state index in [2.05, 4.69) is 39.5 Å². The number of rotatable bonds is 6. The standard InChI is InChI=1S/C12H20O/c1-5-13-10-9-12(4)8-6-7-11(2)3/h5,7,9H,1,6,8,10H2,2-4H3/b12-9-. The van der Waals surface area contributed by atoms with Crippen LogP contribution in [0.4, 0.5) is 0 Å². The molecule has 0 bridgehead atoms. The van der Waals surface area contributed by atoms with E-state index in [0.717, 1.165) is 12.8 Å². The highest BCUT2D eigenvalue weighted by molar-refractivity contribution is 5.02. The summed E-state index contributed by atoms with van der Waals surface area (Å²) in [6.07, 6.45) is 8.07. The van der Waals surface area contributed by atoms with Gasteiger partial charge in [-0.05, 0) is 39.7 Å². The van der Waals surface area contributed by atoms with Gasteiger partial charge in [-0.25, -0.2) is 0 Å². The Morgan fingerprint density at radius 2 is 1.92 bits per heavy atom. The summed E-state index contributed by atoms with van der Waals surface area (Å²) in [6.45, 7) is 10.5. The zero-order valence-corrected chi connectivity index (χ0v) is 8.97. The van der Waals surface area contributed by atoms with E-state index in [1.165, 1.54) is 17.4 Å². The Labute approximate surface area is 81.8 Å². The Bertz CT molecular complexity index is 195. The van der Waals surface area contributed by atoms with Crippen molar-refractivity contribution in [2.45, 2.75) is 33.6 Å². The minimum Gasteiger partial charge on any atom is -0.498 e. The number of hydrogen-bond donors (Lipinski definition) is 0. The molecule has 0 unspecified atom stereocenters. The SMILES string of the molecule is C=COC/C=C(/C)CCC=C(C)C. The summed E-state index contributed by atoms with van der Waals surface area (Å²) in [7, 11) is 0. The number of hydrogen-bond acceptors (Lipinski definition) is 1. The lowest BCUT2D eigenvalue weighted by Gasteiger charge is -1.99. The van der Waals surface area contributed by atoms with Crippen LogP contribution in [0.3, 0.4) is 0 Å². The van der Waals surface area contributed by atoms with Crippen LogP contribution in [-0.4, -0.2) is 6.61 Å². The fourth-order valence-corrected chi connectivity index (χ4v) is 0.949. The number of allylic oxidation sites excluding steroid dienone is 3. The Balaban J connectivity index is 3.60. The van der Waals surface area contributed by atoms with Crippen LogP contribution in [0, 0.1) is 0 Å². The monoisotopic (exact) mass is 180 g/mol. The molecule has 0 spiro atoms. The smallest absolute Gasteiger partial charge is 0.106 e. The summed E-state index contributed by atoms with van der Waals surface area (Å²) >= 11 is 0. The summed E-state index contributed by atoms with van der Waals surface area (Å²) in [4.78, 5) is 0. The second kappa shape index (κ2) is 7.66. The van der Waals surface area contributed by atoms with Crippen molar-refractivity contribution in [2.75, 3.05) is 6.61 Å². The van der Waals surface area contributed by atoms with Crippen molar-refractivity contribution in [3.63, 3.8) is 0 Å². The quantitative estimate of drug-likeness (QED) is 0.343. The first-order valence-corrected chi connectivity index (χ1v) is 4.68. The van der Waals surface area contributed by atoms with E-state index >= 15 is 0 Å². The van der Waals surface area contributed by atoms with Gasteiger partial charge in [-0.3, -0.25) is 0 Å². The maximum Gasteiger partial charge on any atom is 0.106 e. The molecule has 0 saturated carbocycles. The van der Waals surface area contributed by atoms with Crippen molar-refractivity contribution < 1.29 is 4.74 Å². The first-order chi connectivity index (χ1) is 6.16. The molecule has 0 aromatic rings. The van der Waals surface area contributed by atoms with Crippen molar-refractivity contribution >= 4 is 0 Å². The Hall–Kier alpha value is -0.980. The normalized spacial score (nSPS) is 10.8. The van der Waals surface area contributed by atoms with Gasteiger partial charge in [0.25, 0.3) is 0 Å². The van der Waals surface area contributed by atoms with Gasteiger partial charge < -0.3 is 4.74 Å². The molecule has 0 amide bonds. The molecule has 0 aliphatic rings. The summed E-state index contributed by atoms with van der Waals surface area (Å²) in [5.41, 5.74) is 2.76. The molecule has 0 radical (unpaired) electrons. The highest BCUT2D eigenvalue weighted by Gasteiger charge is 1.87. The van der Waals surface area contributed by atoms with Gasteiger partial charge in [0.1, 0.15) is 6.61 Å². The van der Waals surface area contributed by atoms with Crippen molar-refractivity contribution in [1.82, 2.24) is 0 Å². The third kappa shape index (κ3) is 8.93. The van der Waals surface area contributed by atoms with Crippen LogP contribution in [0.5, 0.6) is 0 Å². The third-order valence-corrected chi connectivity index (χ3v) is 1.74. The van der Waals surface area contributed by atoms with E-state index in [9.17, 15) is 0 Å². The summed E-state index contributed by atoms with van der Waals surface area (Å²) in [5, 5.41) is 0. The van der Waals surface area contributed by atoms with E-state index in [1.54, 1.807) is 0 Å². The maximum absolute atomic E-state index is 5.00. The van der Waals surface area contributed by atoms with Crippen LogP contribution in [0.2, 0.25) is 0 Å². The summed E-state index contributed by atoms with van der Waals surface area (Å²) in [5.74, 6) is 0. The molecule has 1 heteroatoms. The van der Waals surface area contributed by atoms with E-state index in [1.807, 2.05) is 0 Å². The Morgan fingerprint density at radius 3 is 2.46 bits per heavy atom. The Kier molecular flexibility index (Phi) is 7.08. The molecule has 0 fully saturated rings. The molecular formula is C12H20O. The van der Waals surface area contributed by atoms with E-state index in [4.69, 9.17) is 4.74 Å². The lowest BCUT2D eigenvalue weighted by molar-refractivity contribution is 0.290. The zero-order valence-electron chi connectivity index (χ0n) is 8.97. The molecule has 0 aromatic heterocycles. The molecule has 0 rings (SSSR count). The third-order valence-electron chi connectivity index (χ3n) is 1.74. The molecular weight excluding hydrogens is 160 g/mol. The topological polar surface area (TPSA) is 9.23 Å². The van der Waals surface area contributed by atoms with Crippen LogP contribution in [0.25, 0.3) is 0 Å². The van der Waals surface area contributed by atoms with Crippen LogP contribution < -0.4 is 0 Å². The predicted octanol–water partition coefficient (Wildman–Crippen LogP) is 3.84. The molecule has 0 atom stereocenters. The zero-order chi connectivity index (χ0) is 10.1. The van der Waals surface area contributed by atoms with Gasteiger partial charge in [0.15, 0.2) is 0 Å². The van der Waals surface area contributed by atoms with Crippen molar-refractivity contribution in [3.05, 3.63) is 36.1 Å². The predicted molar refractivity (Wildman–Crippen MR) is 58.6 cm³/mol. The lowest BCUT2D eigenvalue weighted by Crippen LogP contribution is -1.84. The average Bonchev–Trinajstić information content (AvgIpc) is 2.04. The average molecular weight is 180 g/mol. The maximum atomic E-state index is 5.00. The first kappa shape index (κ1) is 12.0. The van der Waals surface area contributed by atoms with Crippen LogP contribution >= 0.6 is 0 Å². The second-order valence-electron chi connectivity index (χ2n) is 3.37. The van der Waals surface area contributed by atoms with Gasteiger partial charge in [0, 0.05) is 0 Å². The van der Waals surface area contributed by atoms with E-state index < -0.39 is 0 Å². The van der Waals surface area contributed by atoms with Gasteiger partial charge in [0.2, 0.25) is 0 Å². The highest BCUT2D eigenvalue weighted by Crippen LogP contribution is 2.06. The van der Waals surface area contributed by atoms with E-state index in [-0.39, 0.29) is 0 Å². The Morgan fingerprint density at radius 1 is 1.23 bits per heavy atom. The van der Waals surface area contributed by atoms with Gasteiger partial charge in [-0.15, -0.1) is 0 Å². The molecule has 0 heterocycles. The van der Waals surface area contributed by atoms with Crippen LogP contribution in [0.1, 0.15) is 33.6 Å². The lowest BCUT2D eigenvalue weighted by atomic mass is 10.1. The molecule has 0 aliphatic carbocycles. The van der Waals surface area contributed by atoms with Gasteiger partial charge in [-0.1, -0.05) is 23.8 Å². The van der Waals surface area contributed by atoms with E-state index in [0.29, 0.717) is 6.61 Å². The number of ether oxygens (including phenoxy) is 1. The molecule has 13 heavy (non-hydrogen) atoms. The van der Waals surface area contributed by atoms with Gasteiger partial charge in [0.05, 0.1) is 6.26 Å². The fourth-order valence-electron chi connectivity index (χ4n) is 0.949. The van der Waals surface area contributed by atoms with Crippen LogP contribution in [0.15, 0.2) is 36.1 Å². The van der Waals surface area contributed by atoms with Gasteiger partial charge >= 0.3 is 0 Å². The minimum atomic E-state index is 0.643.